The minimum absolute atomic E-state index is 0. The number of nitrogen functional groups attached to an aromatic ring is 1. The molecule has 0 aliphatic carbocycles. The predicted octanol–water partition coefficient (Wildman–Crippen LogP) is -5.48. The van der Waals surface area contributed by atoms with E-state index in [0.29, 0.717) is 0 Å². The molecule has 0 amide bonds. The van der Waals surface area contributed by atoms with Crippen molar-refractivity contribution in [2.24, 2.45) is 5.41 Å². The van der Waals surface area contributed by atoms with E-state index in [1.165, 1.54) is 6.07 Å². The minimum atomic E-state index is -4.61. The van der Waals surface area contributed by atoms with Gasteiger partial charge in [0.2, 0.25) is 0 Å². The number of carboxylic acid groups (broad SMARTS) is 1. The SMILES string of the molecule is CC(C)(C)C(=O)c1sc(N)nc1-c1ccc(P(=O)([O-])NC(C)(C)C(=O)[O-])o1.[Li+].[Li+]. The fraction of sp³-hybridized carbons (Fsp3) is 0.438. The molecule has 0 saturated heterocycles. The molecular weight excluding hydrogens is 407 g/mol. The van der Waals surface area contributed by atoms with E-state index in [2.05, 4.69) is 4.98 Å². The van der Waals surface area contributed by atoms with Crippen molar-refractivity contribution < 1.29 is 66.3 Å². The number of hydrogen-bond donors (Lipinski definition) is 2. The van der Waals surface area contributed by atoms with E-state index >= 15 is 0 Å². The third-order valence-electron chi connectivity index (χ3n) is 3.58. The normalized spacial score (nSPS) is 13.7. The Morgan fingerprint density at radius 3 is 2.24 bits per heavy atom. The van der Waals surface area contributed by atoms with E-state index < -0.39 is 29.9 Å². The number of carbonyl (C=O) groups is 2. The number of ketones is 1. The van der Waals surface area contributed by atoms with Crippen molar-refractivity contribution in [3.8, 4) is 11.5 Å². The van der Waals surface area contributed by atoms with Gasteiger partial charge in [0, 0.05) is 5.41 Å². The van der Waals surface area contributed by atoms with E-state index in [-0.39, 0.29) is 65.0 Å². The van der Waals surface area contributed by atoms with Crippen LogP contribution in [0.15, 0.2) is 16.5 Å². The summed E-state index contributed by atoms with van der Waals surface area (Å²) in [7, 11) is -4.61. The molecule has 29 heavy (non-hydrogen) atoms. The van der Waals surface area contributed by atoms with Crippen LogP contribution in [0.4, 0.5) is 5.13 Å². The zero-order chi connectivity index (χ0) is 20.8. The first-order valence-electron chi connectivity index (χ1n) is 7.89. The van der Waals surface area contributed by atoms with Crippen molar-refractivity contribution >= 4 is 41.2 Å². The fourth-order valence-corrected chi connectivity index (χ4v) is 4.49. The van der Waals surface area contributed by atoms with Gasteiger partial charge in [-0.1, -0.05) is 32.1 Å². The molecule has 0 bridgehead atoms. The number of anilines is 1. The first-order valence-corrected chi connectivity index (χ1v) is 10.3. The van der Waals surface area contributed by atoms with Crippen molar-refractivity contribution in [1.29, 1.82) is 0 Å². The number of furan rings is 1. The first kappa shape index (κ1) is 28.2. The van der Waals surface area contributed by atoms with Crippen molar-refractivity contribution in [3.05, 3.63) is 17.0 Å². The molecule has 2 aromatic rings. The second-order valence-electron chi connectivity index (χ2n) is 7.52. The summed E-state index contributed by atoms with van der Waals surface area (Å²) in [5, 5.41) is 13.2. The number of carboxylic acids is 1. The zero-order valence-electron chi connectivity index (χ0n) is 17.5. The van der Waals surface area contributed by atoms with Crippen LogP contribution in [-0.4, -0.2) is 22.3 Å². The van der Waals surface area contributed by atoms with Gasteiger partial charge in [0.15, 0.2) is 22.2 Å². The molecule has 2 aromatic heterocycles. The van der Waals surface area contributed by atoms with Crippen LogP contribution in [0.1, 0.15) is 44.3 Å². The maximum atomic E-state index is 12.6. The second-order valence-corrected chi connectivity index (χ2v) is 10.3. The molecule has 3 N–H and O–H groups in total. The Morgan fingerprint density at radius 2 is 1.76 bits per heavy atom. The van der Waals surface area contributed by atoms with Crippen LogP contribution >= 0.6 is 18.9 Å². The van der Waals surface area contributed by atoms with Gasteiger partial charge in [-0.2, -0.15) is 0 Å². The van der Waals surface area contributed by atoms with Gasteiger partial charge < -0.3 is 29.5 Å². The Kier molecular flexibility index (Phi) is 9.29. The van der Waals surface area contributed by atoms with Gasteiger partial charge >= 0.3 is 37.7 Å². The molecule has 9 nitrogen and oxygen atoms in total. The molecule has 0 aliphatic rings. The van der Waals surface area contributed by atoms with Crippen molar-refractivity contribution in [2.75, 3.05) is 5.73 Å². The van der Waals surface area contributed by atoms with Gasteiger partial charge in [-0.05, 0) is 26.0 Å². The number of aromatic nitrogens is 1. The third-order valence-corrected chi connectivity index (χ3v) is 6.14. The molecular formula is C16H20Li2N3O6PS. The van der Waals surface area contributed by atoms with Gasteiger partial charge in [-0.15, -0.1) is 0 Å². The molecule has 2 rings (SSSR count). The molecule has 0 radical (unpaired) electrons. The van der Waals surface area contributed by atoms with E-state index in [4.69, 9.17) is 10.2 Å². The largest absolute Gasteiger partial charge is 1.00 e. The average molecular weight is 427 g/mol. The summed E-state index contributed by atoms with van der Waals surface area (Å²) in [4.78, 5) is 40.4. The first-order chi connectivity index (χ1) is 12.1. The van der Waals surface area contributed by atoms with Crippen LogP contribution in [0.3, 0.4) is 0 Å². The van der Waals surface area contributed by atoms with Crippen LogP contribution in [-0.2, 0) is 9.36 Å². The molecule has 0 spiro atoms. The van der Waals surface area contributed by atoms with E-state index in [1.807, 2.05) is 5.09 Å². The van der Waals surface area contributed by atoms with Gasteiger partial charge in [-0.3, -0.25) is 9.88 Å². The Labute approximate surface area is 196 Å². The van der Waals surface area contributed by atoms with Crippen LogP contribution < -0.4 is 64.0 Å². The number of nitrogens with zero attached hydrogens (tertiary/aromatic N) is 1. The van der Waals surface area contributed by atoms with Gasteiger partial charge in [0.25, 0.3) is 0 Å². The summed E-state index contributed by atoms with van der Waals surface area (Å²) in [6.45, 7) is 7.51. The van der Waals surface area contributed by atoms with Crippen LogP contribution in [0, 0.1) is 5.41 Å². The van der Waals surface area contributed by atoms with Gasteiger partial charge in [-0.25, -0.2) is 4.98 Å². The number of hydrogen-bond acceptors (Lipinski definition) is 9. The number of thiazole rings is 1. The Balaban J connectivity index is 0.00000392. The maximum Gasteiger partial charge on any atom is 1.00 e. The molecule has 2 heterocycles. The molecule has 1 atom stereocenters. The number of nitrogens with one attached hydrogen (secondary N) is 1. The number of carbonyl (C=O) groups excluding carboxylic acids is 2. The summed E-state index contributed by atoms with van der Waals surface area (Å²) in [5.41, 5.74) is 2.84. The molecule has 0 fully saturated rings. The van der Waals surface area contributed by atoms with Gasteiger partial charge in [0.1, 0.15) is 18.1 Å². The molecule has 148 valence electrons. The van der Waals surface area contributed by atoms with Crippen molar-refractivity contribution in [1.82, 2.24) is 10.1 Å². The van der Waals surface area contributed by atoms with E-state index in [1.54, 1.807) is 20.8 Å². The maximum absolute atomic E-state index is 12.6. The summed E-state index contributed by atoms with van der Waals surface area (Å²) in [6.07, 6.45) is 0. The van der Waals surface area contributed by atoms with Crippen LogP contribution in [0.2, 0.25) is 0 Å². The smallest absolute Gasteiger partial charge is 0.782 e. The van der Waals surface area contributed by atoms with Crippen LogP contribution in [0.5, 0.6) is 0 Å². The quantitative estimate of drug-likeness (QED) is 0.260. The predicted molar refractivity (Wildman–Crippen MR) is 97.5 cm³/mol. The zero-order valence-corrected chi connectivity index (χ0v) is 19.2. The third kappa shape index (κ3) is 6.34. The van der Waals surface area contributed by atoms with E-state index in [9.17, 15) is 24.2 Å². The number of Topliss-reactive ketones (excluding diaryl/α,β-unsaturated/α-hetero) is 1. The summed E-state index contributed by atoms with van der Waals surface area (Å²) in [5.74, 6) is -1.77. The standard InChI is InChI=1S/C16H22N3O6PS.2Li/c1-15(2,3)12(20)11-10(18-14(17)27-11)8-6-7-9(25-8)26(23,24)19-16(4,5)13(21)22;;/h6-7H,1-5H3,(H2,17,18)(H,21,22)(H2,19,23,24);;/q;2*+1/p-2. The summed E-state index contributed by atoms with van der Waals surface area (Å²) in [6, 6.07) is 2.49. The van der Waals surface area contributed by atoms with Crippen molar-refractivity contribution in [2.45, 2.75) is 40.2 Å². The number of rotatable bonds is 6. The topological polar surface area (TPSA) is 161 Å². The Morgan fingerprint density at radius 1 is 1.21 bits per heavy atom. The average Bonchev–Trinajstić information content (AvgIpc) is 3.10. The van der Waals surface area contributed by atoms with Gasteiger partial charge in [0.05, 0.1) is 11.5 Å². The Hall–Kier alpha value is -0.805. The Bertz CT molecular complexity index is 951. The van der Waals surface area contributed by atoms with Crippen molar-refractivity contribution in [3.63, 3.8) is 0 Å². The molecule has 1 unspecified atom stereocenters. The molecule has 0 saturated carbocycles. The monoisotopic (exact) mass is 427 g/mol. The summed E-state index contributed by atoms with van der Waals surface area (Å²) < 4.78 is 17.8. The second kappa shape index (κ2) is 9.55. The fourth-order valence-electron chi connectivity index (χ4n) is 2.08. The van der Waals surface area contributed by atoms with E-state index in [0.717, 1.165) is 31.3 Å². The molecule has 0 aromatic carbocycles. The molecule has 0 aliphatic heterocycles. The minimum Gasteiger partial charge on any atom is -0.782 e. The van der Waals surface area contributed by atoms with Crippen LogP contribution in [0.25, 0.3) is 11.5 Å². The molecule has 13 heteroatoms. The number of aliphatic carboxylic acids is 1. The summed E-state index contributed by atoms with van der Waals surface area (Å²) >= 11 is 0.983. The number of nitrogens with two attached hydrogens (primary N) is 1.